The summed E-state index contributed by atoms with van der Waals surface area (Å²) in [6.45, 7) is 4.80. The number of carbonyl (C=O) groups excluding carboxylic acids is 3. The largest absolute Gasteiger partial charge is 0.496 e. The van der Waals surface area contributed by atoms with Gasteiger partial charge in [-0.1, -0.05) is 12.1 Å². The molecule has 2 aromatic rings. The topological polar surface area (TPSA) is 94.7 Å². The van der Waals surface area contributed by atoms with E-state index in [0.29, 0.717) is 22.6 Å². The number of para-hydroxylation sites is 1. The highest BCUT2D eigenvalue weighted by molar-refractivity contribution is 6.04. The highest BCUT2D eigenvalue weighted by atomic mass is 16.5. The molecule has 0 aliphatic heterocycles. The number of aromatic amines is 1. The molecule has 0 bridgehead atoms. The first-order chi connectivity index (χ1) is 12.4. The van der Waals surface area contributed by atoms with Crippen LogP contribution in [0.3, 0.4) is 0 Å². The van der Waals surface area contributed by atoms with Gasteiger partial charge in [-0.15, -0.1) is 0 Å². The number of H-pyrrole nitrogens is 1. The fraction of sp³-hybridized carbons (Fsp3) is 0.316. The average molecular weight is 359 g/mol. The van der Waals surface area contributed by atoms with Crippen LogP contribution in [-0.4, -0.2) is 43.0 Å². The van der Waals surface area contributed by atoms with Crippen molar-refractivity contribution in [3.8, 4) is 5.75 Å². The van der Waals surface area contributed by atoms with Crippen LogP contribution in [-0.2, 0) is 9.47 Å². The maximum absolute atomic E-state index is 12.5. The molecule has 0 aliphatic rings. The molecule has 1 heterocycles. The fourth-order valence-corrected chi connectivity index (χ4v) is 2.67. The minimum absolute atomic E-state index is 0.226. The zero-order valence-electron chi connectivity index (χ0n) is 15.2. The van der Waals surface area contributed by atoms with Crippen LogP contribution in [0.5, 0.6) is 5.75 Å². The number of aromatic nitrogens is 1. The number of methoxy groups -OCH3 is 1. The molecule has 0 saturated carbocycles. The van der Waals surface area contributed by atoms with Gasteiger partial charge in [-0.05, 0) is 38.5 Å². The Hall–Kier alpha value is -3.09. The molecular formula is C19H21NO6. The Morgan fingerprint density at radius 1 is 1.04 bits per heavy atom. The van der Waals surface area contributed by atoms with Crippen LogP contribution >= 0.6 is 0 Å². The lowest BCUT2D eigenvalue weighted by Gasteiger charge is -2.08. The maximum Gasteiger partial charge on any atom is 0.355 e. The van der Waals surface area contributed by atoms with E-state index in [4.69, 9.17) is 14.2 Å². The number of nitrogens with one attached hydrogen (secondary N) is 1. The number of rotatable bonds is 7. The molecule has 0 atom stereocenters. The van der Waals surface area contributed by atoms with Gasteiger partial charge in [-0.2, -0.15) is 0 Å². The van der Waals surface area contributed by atoms with Crippen molar-refractivity contribution in [1.29, 1.82) is 0 Å². The van der Waals surface area contributed by atoms with Crippen LogP contribution in [0.2, 0.25) is 0 Å². The first-order valence-corrected chi connectivity index (χ1v) is 8.10. The lowest BCUT2D eigenvalue weighted by atomic mass is 10.1. The smallest absolute Gasteiger partial charge is 0.355 e. The van der Waals surface area contributed by atoms with Gasteiger partial charge in [0.25, 0.3) is 0 Å². The summed E-state index contributed by atoms with van der Waals surface area (Å²) in [5, 5.41) is 0. The van der Waals surface area contributed by atoms with E-state index in [0.717, 1.165) is 0 Å². The molecule has 0 saturated heterocycles. The molecule has 0 unspecified atom stereocenters. The number of ketones is 1. The molecule has 2 rings (SSSR count). The number of aryl methyl sites for hydroxylation is 1. The van der Waals surface area contributed by atoms with E-state index in [1.54, 1.807) is 45.0 Å². The van der Waals surface area contributed by atoms with E-state index in [9.17, 15) is 14.4 Å². The zero-order chi connectivity index (χ0) is 19.3. The average Bonchev–Trinajstić information content (AvgIpc) is 2.94. The Morgan fingerprint density at radius 3 is 2.38 bits per heavy atom. The minimum atomic E-state index is -0.660. The first kappa shape index (κ1) is 19.2. The molecule has 0 aliphatic carbocycles. The van der Waals surface area contributed by atoms with Crippen molar-refractivity contribution < 1.29 is 28.6 Å². The van der Waals surface area contributed by atoms with E-state index in [2.05, 4.69) is 4.98 Å². The Morgan fingerprint density at radius 2 is 1.73 bits per heavy atom. The third-order valence-corrected chi connectivity index (χ3v) is 3.86. The number of ether oxygens (including phenoxy) is 3. The summed E-state index contributed by atoms with van der Waals surface area (Å²) < 4.78 is 15.2. The Bertz CT molecular complexity index is 837. The molecule has 0 radical (unpaired) electrons. The van der Waals surface area contributed by atoms with E-state index in [1.807, 2.05) is 0 Å². The Balaban J connectivity index is 2.13. The zero-order valence-corrected chi connectivity index (χ0v) is 15.2. The highest BCUT2D eigenvalue weighted by Crippen LogP contribution is 2.21. The minimum Gasteiger partial charge on any atom is -0.496 e. The van der Waals surface area contributed by atoms with Gasteiger partial charge in [-0.25, -0.2) is 9.59 Å². The lowest BCUT2D eigenvalue weighted by molar-refractivity contribution is 0.0470. The molecule has 138 valence electrons. The third kappa shape index (κ3) is 3.93. The van der Waals surface area contributed by atoms with Crippen LogP contribution in [0, 0.1) is 13.8 Å². The normalized spacial score (nSPS) is 10.3. The van der Waals surface area contributed by atoms with Crippen molar-refractivity contribution in [2.75, 3.05) is 20.3 Å². The van der Waals surface area contributed by atoms with E-state index in [-0.39, 0.29) is 17.9 Å². The molecule has 0 fully saturated rings. The van der Waals surface area contributed by atoms with Gasteiger partial charge < -0.3 is 19.2 Å². The molecule has 7 heteroatoms. The van der Waals surface area contributed by atoms with Crippen LogP contribution in [0.4, 0.5) is 0 Å². The van der Waals surface area contributed by atoms with Gasteiger partial charge in [0, 0.05) is 11.3 Å². The van der Waals surface area contributed by atoms with Gasteiger partial charge >= 0.3 is 11.9 Å². The van der Waals surface area contributed by atoms with Crippen molar-refractivity contribution in [1.82, 2.24) is 4.98 Å². The molecule has 1 aromatic heterocycles. The predicted molar refractivity (Wildman–Crippen MR) is 93.8 cm³/mol. The van der Waals surface area contributed by atoms with Crippen LogP contribution in [0.25, 0.3) is 0 Å². The number of Topliss-reactive ketones (excluding diaryl/α,β-unsaturated/α-hetero) is 1. The van der Waals surface area contributed by atoms with E-state index < -0.39 is 24.3 Å². The van der Waals surface area contributed by atoms with E-state index >= 15 is 0 Å². The number of carbonyl (C=O) groups is 3. The molecule has 26 heavy (non-hydrogen) atoms. The number of hydrogen-bond donors (Lipinski definition) is 1. The van der Waals surface area contributed by atoms with Crippen molar-refractivity contribution in [3.05, 3.63) is 52.3 Å². The summed E-state index contributed by atoms with van der Waals surface area (Å²) in [7, 11) is 1.45. The summed E-state index contributed by atoms with van der Waals surface area (Å²) in [5.41, 5.74) is 1.77. The number of benzene rings is 1. The molecule has 0 spiro atoms. The van der Waals surface area contributed by atoms with Crippen molar-refractivity contribution in [3.63, 3.8) is 0 Å². The first-order valence-electron chi connectivity index (χ1n) is 8.10. The standard InChI is InChI=1S/C19H21NO6/c1-5-25-19(23)17-11(2)16(12(3)20-17)14(21)10-26-18(22)13-8-6-7-9-15(13)24-4/h6-9,20H,5,10H2,1-4H3. The Kier molecular flexibility index (Phi) is 6.16. The SMILES string of the molecule is CCOC(=O)c1[nH]c(C)c(C(=O)COC(=O)c2ccccc2OC)c1C. The lowest BCUT2D eigenvalue weighted by Crippen LogP contribution is -2.16. The molecule has 1 N–H and O–H groups in total. The van der Waals surface area contributed by atoms with Gasteiger partial charge in [0.05, 0.1) is 13.7 Å². The summed E-state index contributed by atoms with van der Waals surface area (Å²) in [6, 6.07) is 6.58. The van der Waals surface area contributed by atoms with Crippen LogP contribution < -0.4 is 4.74 Å². The van der Waals surface area contributed by atoms with Crippen LogP contribution in [0.15, 0.2) is 24.3 Å². The highest BCUT2D eigenvalue weighted by Gasteiger charge is 2.24. The molecule has 1 aromatic carbocycles. The maximum atomic E-state index is 12.5. The molecule has 0 amide bonds. The molecule has 7 nitrogen and oxygen atoms in total. The Labute approximate surface area is 151 Å². The van der Waals surface area contributed by atoms with Crippen LogP contribution in [0.1, 0.15) is 49.4 Å². The second-order valence-corrected chi connectivity index (χ2v) is 5.55. The van der Waals surface area contributed by atoms with Gasteiger partial charge in [0.2, 0.25) is 5.78 Å². The summed E-state index contributed by atoms with van der Waals surface area (Å²) in [4.78, 5) is 39.5. The second-order valence-electron chi connectivity index (χ2n) is 5.55. The van der Waals surface area contributed by atoms with Gasteiger partial charge in [-0.3, -0.25) is 4.79 Å². The van der Waals surface area contributed by atoms with E-state index in [1.165, 1.54) is 7.11 Å². The van der Waals surface area contributed by atoms with Gasteiger partial charge in [0.1, 0.15) is 17.0 Å². The third-order valence-electron chi connectivity index (χ3n) is 3.86. The second kappa shape index (κ2) is 8.33. The number of esters is 2. The summed E-state index contributed by atoms with van der Waals surface area (Å²) in [5.74, 6) is -1.23. The number of hydrogen-bond acceptors (Lipinski definition) is 6. The fourth-order valence-electron chi connectivity index (χ4n) is 2.67. The monoisotopic (exact) mass is 359 g/mol. The summed E-state index contributed by atoms with van der Waals surface area (Å²) >= 11 is 0. The molecular weight excluding hydrogens is 338 g/mol. The van der Waals surface area contributed by atoms with Crippen molar-refractivity contribution in [2.45, 2.75) is 20.8 Å². The quantitative estimate of drug-likeness (QED) is 0.603. The van der Waals surface area contributed by atoms with Crippen molar-refractivity contribution in [2.24, 2.45) is 0 Å². The predicted octanol–water partition coefficient (Wildman–Crippen LogP) is 2.86. The van der Waals surface area contributed by atoms with Gasteiger partial charge in [0.15, 0.2) is 6.61 Å². The van der Waals surface area contributed by atoms with Crippen molar-refractivity contribution >= 4 is 17.7 Å². The summed E-state index contributed by atoms with van der Waals surface area (Å²) in [6.07, 6.45) is 0.